The monoisotopic (exact) mass is 313 g/mol. The Morgan fingerprint density at radius 1 is 1.13 bits per heavy atom. The number of hydrogen-bond acceptors (Lipinski definition) is 4. The number of para-hydroxylation sites is 2. The highest BCUT2D eigenvalue weighted by Gasteiger charge is 2.23. The maximum atomic E-state index is 12.2. The summed E-state index contributed by atoms with van der Waals surface area (Å²) in [5.41, 5.74) is 1.25. The van der Waals surface area contributed by atoms with E-state index in [1.165, 1.54) is 6.07 Å². The van der Waals surface area contributed by atoms with Crippen LogP contribution in [0.4, 0.5) is 5.69 Å². The van der Waals surface area contributed by atoms with Crippen LogP contribution in [0, 0.1) is 6.92 Å². The fraction of sp³-hybridized carbons (Fsp3) is 0.222. The molecule has 0 aromatic heterocycles. The second-order valence-corrected chi connectivity index (χ2v) is 5.13. The third kappa shape index (κ3) is 4.10. The van der Waals surface area contributed by atoms with E-state index in [1.54, 1.807) is 50.2 Å². The third-order valence-corrected chi connectivity index (χ3v) is 3.41. The van der Waals surface area contributed by atoms with Crippen LogP contribution >= 0.6 is 0 Å². The number of carbonyl (C=O) groups excluding carboxylic acids is 2. The van der Waals surface area contributed by atoms with Crippen LogP contribution in [0.2, 0.25) is 0 Å². The maximum Gasteiger partial charge on any atom is 0.342 e. The highest BCUT2D eigenvalue weighted by atomic mass is 16.5. The van der Waals surface area contributed by atoms with E-state index in [-0.39, 0.29) is 11.3 Å². The lowest BCUT2D eigenvalue weighted by atomic mass is 10.1. The number of ether oxygens (including phenoxy) is 1. The van der Waals surface area contributed by atoms with Crippen molar-refractivity contribution in [3.05, 3.63) is 59.7 Å². The van der Waals surface area contributed by atoms with Crippen LogP contribution in [-0.4, -0.2) is 23.1 Å². The number of phenolic OH excluding ortho intramolecular Hbond substituents is 1. The van der Waals surface area contributed by atoms with E-state index in [0.29, 0.717) is 17.7 Å². The normalized spacial score (nSPS) is 11.6. The van der Waals surface area contributed by atoms with Gasteiger partial charge in [-0.1, -0.05) is 37.3 Å². The number of hydrogen-bond donors (Lipinski definition) is 2. The molecule has 0 radical (unpaired) electrons. The van der Waals surface area contributed by atoms with Gasteiger partial charge in [-0.15, -0.1) is 0 Å². The van der Waals surface area contributed by atoms with Gasteiger partial charge in [-0.25, -0.2) is 4.79 Å². The van der Waals surface area contributed by atoms with Crippen LogP contribution < -0.4 is 5.32 Å². The summed E-state index contributed by atoms with van der Waals surface area (Å²) in [6.07, 6.45) is -0.598. The summed E-state index contributed by atoms with van der Waals surface area (Å²) < 4.78 is 5.24. The molecule has 0 saturated carbocycles. The van der Waals surface area contributed by atoms with E-state index < -0.39 is 18.0 Å². The van der Waals surface area contributed by atoms with Crippen molar-refractivity contribution in [2.45, 2.75) is 26.4 Å². The van der Waals surface area contributed by atoms with Crippen molar-refractivity contribution in [3.63, 3.8) is 0 Å². The van der Waals surface area contributed by atoms with Gasteiger partial charge in [-0.3, -0.25) is 4.79 Å². The first-order chi connectivity index (χ1) is 11.0. The quantitative estimate of drug-likeness (QED) is 0.831. The lowest BCUT2D eigenvalue weighted by Crippen LogP contribution is -2.32. The van der Waals surface area contributed by atoms with E-state index >= 15 is 0 Å². The van der Waals surface area contributed by atoms with Gasteiger partial charge in [0.2, 0.25) is 0 Å². The van der Waals surface area contributed by atoms with Gasteiger partial charge in [0, 0.05) is 5.69 Å². The standard InChI is InChI=1S/C18H19NO4/c1-3-15(17(21)19-13-9-5-4-6-10-13)23-18(22)14-11-7-8-12(2)16(14)20/h4-11,15,20H,3H2,1-2H3,(H,19,21). The predicted molar refractivity (Wildman–Crippen MR) is 87.4 cm³/mol. The molecule has 0 saturated heterocycles. The Bertz CT molecular complexity index is 697. The average molecular weight is 313 g/mol. The third-order valence-electron chi connectivity index (χ3n) is 3.41. The van der Waals surface area contributed by atoms with E-state index in [1.807, 2.05) is 6.07 Å². The molecule has 1 unspecified atom stereocenters. The van der Waals surface area contributed by atoms with Crippen molar-refractivity contribution in [1.82, 2.24) is 0 Å². The molecule has 120 valence electrons. The summed E-state index contributed by atoms with van der Waals surface area (Å²) in [4.78, 5) is 24.4. The van der Waals surface area contributed by atoms with Gasteiger partial charge in [-0.05, 0) is 37.1 Å². The molecule has 2 rings (SSSR count). The average Bonchev–Trinajstić information content (AvgIpc) is 2.55. The van der Waals surface area contributed by atoms with E-state index in [9.17, 15) is 14.7 Å². The Morgan fingerprint density at radius 2 is 1.83 bits per heavy atom. The van der Waals surface area contributed by atoms with Gasteiger partial charge in [0.25, 0.3) is 5.91 Å². The number of carbonyl (C=O) groups is 2. The highest BCUT2D eigenvalue weighted by Crippen LogP contribution is 2.23. The van der Waals surface area contributed by atoms with Gasteiger partial charge in [-0.2, -0.15) is 0 Å². The summed E-state index contributed by atoms with van der Waals surface area (Å²) in [5.74, 6) is -1.25. The van der Waals surface area contributed by atoms with Crippen molar-refractivity contribution in [1.29, 1.82) is 0 Å². The molecule has 0 aliphatic carbocycles. The molecule has 0 heterocycles. The topological polar surface area (TPSA) is 75.6 Å². The minimum absolute atomic E-state index is 0.0518. The highest BCUT2D eigenvalue weighted by molar-refractivity contribution is 5.98. The second-order valence-electron chi connectivity index (χ2n) is 5.13. The Hall–Kier alpha value is -2.82. The van der Waals surface area contributed by atoms with Crippen LogP contribution in [0.1, 0.15) is 29.3 Å². The van der Waals surface area contributed by atoms with Gasteiger partial charge >= 0.3 is 5.97 Å². The molecule has 5 nitrogen and oxygen atoms in total. The van der Waals surface area contributed by atoms with E-state index in [2.05, 4.69) is 5.32 Å². The van der Waals surface area contributed by atoms with Gasteiger partial charge in [0.1, 0.15) is 11.3 Å². The number of amides is 1. The van der Waals surface area contributed by atoms with Crippen LogP contribution in [0.5, 0.6) is 5.75 Å². The molecule has 5 heteroatoms. The molecule has 0 aliphatic rings. The number of aryl methyl sites for hydroxylation is 1. The number of aromatic hydroxyl groups is 1. The lowest BCUT2D eigenvalue weighted by molar-refractivity contribution is -0.124. The zero-order valence-corrected chi connectivity index (χ0v) is 13.1. The largest absolute Gasteiger partial charge is 0.507 e. The molecule has 23 heavy (non-hydrogen) atoms. The SMILES string of the molecule is CCC(OC(=O)c1cccc(C)c1O)C(=O)Nc1ccccc1. The van der Waals surface area contributed by atoms with Crippen LogP contribution in [-0.2, 0) is 9.53 Å². The summed E-state index contributed by atoms with van der Waals surface area (Å²) in [5, 5.41) is 12.6. The maximum absolute atomic E-state index is 12.2. The number of anilines is 1. The summed E-state index contributed by atoms with van der Waals surface area (Å²) >= 11 is 0. The number of nitrogens with one attached hydrogen (secondary N) is 1. The molecule has 0 spiro atoms. The summed E-state index contributed by atoms with van der Waals surface area (Å²) in [6, 6.07) is 13.7. The van der Waals surface area contributed by atoms with Crippen LogP contribution in [0.3, 0.4) is 0 Å². The minimum atomic E-state index is -0.928. The lowest BCUT2D eigenvalue weighted by Gasteiger charge is -2.16. The Kier molecular flexibility index (Phi) is 5.36. The molecule has 2 aromatic rings. The fourth-order valence-corrected chi connectivity index (χ4v) is 2.08. The van der Waals surface area contributed by atoms with Gasteiger partial charge < -0.3 is 15.2 Å². The zero-order chi connectivity index (χ0) is 16.8. The molecule has 2 N–H and O–H groups in total. The Labute approximate surface area is 134 Å². The van der Waals surface area contributed by atoms with Gasteiger partial charge in [0.15, 0.2) is 6.10 Å². The first kappa shape index (κ1) is 16.5. The van der Waals surface area contributed by atoms with Crippen LogP contribution in [0.25, 0.3) is 0 Å². The predicted octanol–water partition coefficient (Wildman–Crippen LogP) is 3.27. The van der Waals surface area contributed by atoms with E-state index in [4.69, 9.17) is 4.74 Å². The molecular weight excluding hydrogens is 294 g/mol. The molecule has 0 bridgehead atoms. The number of benzene rings is 2. The Balaban J connectivity index is 2.08. The molecule has 1 amide bonds. The molecule has 0 aliphatic heterocycles. The molecular formula is C18H19NO4. The minimum Gasteiger partial charge on any atom is -0.507 e. The second kappa shape index (κ2) is 7.45. The van der Waals surface area contributed by atoms with Crippen LogP contribution in [0.15, 0.2) is 48.5 Å². The van der Waals surface area contributed by atoms with Crippen molar-refractivity contribution >= 4 is 17.6 Å². The van der Waals surface area contributed by atoms with Crippen molar-refractivity contribution in [2.75, 3.05) is 5.32 Å². The van der Waals surface area contributed by atoms with Crippen molar-refractivity contribution in [2.24, 2.45) is 0 Å². The zero-order valence-electron chi connectivity index (χ0n) is 13.1. The number of rotatable bonds is 5. The number of esters is 1. The smallest absolute Gasteiger partial charge is 0.342 e. The van der Waals surface area contributed by atoms with Crippen molar-refractivity contribution in [3.8, 4) is 5.75 Å². The number of phenols is 1. The molecule has 2 aromatic carbocycles. The summed E-state index contributed by atoms with van der Waals surface area (Å²) in [7, 11) is 0. The fourth-order valence-electron chi connectivity index (χ4n) is 2.08. The first-order valence-corrected chi connectivity index (χ1v) is 7.38. The summed E-state index contributed by atoms with van der Waals surface area (Å²) in [6.45, 7) is 3.43. The molecule has 0 fully saturated rings. The van der Waals surface area contributed by atoms with Crippen molar-refractivity contribution < 1.29 is 19.4 Å². The first-order valence-electron chi connectivity index (χ1n) is 7.38. The Morgan fingerprint density at radius 3 is 2.48 bits per heavy atom. The van der Waals surface area contributed by atoms with E-state index in [0.717, 1.165) is 0 Å². The molecule has 1 atom stereocenters. The van der Waals surface area contributed by atoms with Gasteiger partial charge in [0.05, 0.1) is 0 Å².